The molecule has 0 N–H and O–H groups in total. The van der Waals surface area contributed by atoms with Gasteiger partial charge in [-0.2, -0.15) is 0 Å². The standard InChI is InChI=1S/C17H18N4O4/c1-25-14-5-2-4-13(12-14)17(22)20-10-8-19(9-11-20)16-15(21(23)24)6-3-7-18-16/h2-7,12H,8-11H2,1H3. The number of hydrogen-bond acceptors (Lipinski definition) is 6. The van der Waals surface area contributed by atoms with Crippen LogP contribution < -0.4 is 9.64 Å². The van der Waals surface area contributed by atoms with Gasteiger partial charge in [0.15, 0.2) is 0 Å². The summed E-state index contributed by atoms with van der Waals surface area (Å²) in [6, 6.07) is 10.0. The van der Waals surface area contributed by atoms with Crippen molar-refractivity contribution in [2.75, 3.05) is 38.2 Å². The fraction of sp³-hybridized carbons (Fsp3) is 0.294. The molecule has 0 saturated carbocycles. The summed E-state index contributed by atoms with van der Waals surface area (Å²) in [4.78, 5) is 31.0. The van der Waals surface area contributed by atoms with E-state index in [0.717, 1.165) is 0 Å². The summed E-state index contributed by atoms with van der Waals surface area (Å²) >= 11 is 0. The molecule has 0 unspecified atom stereocenters. The molecule has 0 bridgehead atoms. The smallest absolute Gasteiger partial charge is 0.311 e. The summed E-state index contributed by atoms with van der Waals surface area (Å²) in [7, 11) is 1.56. The highest BCUT2D eigenvalue weighted by molar-refractivity contribution is 5.94. The summed E-state index contributed by atoms with van der Waals surface area (Å²) < 4.78 is 5.15. The third-order valence-corrected chi connectivity index (χ3v) is 4.15. The molecule has 2 heterocycles. The number of anilines is 1. The number of methoxy groups -OCH3 is 1. The Labute approximate surface area is 144 Å². The van der Waals surface area contributed by atoms with Crippen molar-refractivity contribution in [3.05, 3.63) is 58.3 Å². The number of rotatable bonds is 4. The highest BCUT2D eigenvalue weighted by Crippen LogP contribution is 2.26. The maximum Gasteiger partial charge on any atom is 0.311 e. The molecule has 1 fully saturated rings. The zero-order valence-electron chi connectivity index (χ0n) is 13.8. The Balaban J connectivity index is 1.70. The first-order valence-electron chi connectivity index (χ1n) is 7.88. The van der Waals surface area contributed by atoms with Crippen molar-refractivity contribution in [2.24, 2.45) is 0 Å². The number of hydrogen-bond donors (Lipinski definition) is 0. The van der Waals surface area contributed by atoms with Crippen molar-refractivity contribution in [1.29, 1.82) is 0 Å². The molecule has 3 rings (SSSR count). The number of amides is 1. The average Bonchev–Trinajstić information content (AvgIpc) is 2.67. The van der Waals surface area contributed by atoms with Crippen LogP contribution in [0.4, 0.5) is 11.5 Å². The molecule has 0 atom stereocenters. The maximum absolute atomic E-state index is 12.6. The van der Waals surface area contributed by atoms with Crippen molar-refractivity contribution in [3.8, 4) is 5.75 Å². The van der Waals surface area contributed by atoms with E-state index in [2.05, 4.69) is 4.98 Å². The van der Waals surface area contributed by atoms with Crippen LogP contribution in [-0.4, -0.2) is 54.0 Å². The number of ether oxygens (including phenoxy) is 1. The van der Waals surface area contributed by atoms with Gasteiger partial charge in [0, 0.05) is 44.0 Å². The lowest BCUT2D eigenvalue weighted by Crippen LogP contribution is -2.49. The molecule has 1 aliphatic heterocycles. The SMILES string of the molecule is COc1cccc(C(=O)N2CCN(c3ncccc3[N+](=O)[O-])CC2)c1. The molecule has 0 aliphatic carbocycles. The quantitative estimate of drug-likeness (QED) is 0.623. The minimum Gasteiger partial charge on any atom is -0.497 e. The molecule has 1 aliphatic rings. The molecule has 1 saturated heterocycles. The Morgan fingerprint density at radius 1 is 1.20 bits per heavy atom. The molecule has 2 aromatic rings. The number of pyridine rings is 1. The predicted molar refractivity (Wildman–Crippen MR) is 92.0 cm³/mol. The van der Waals surface area contributed by atoms with Gasteiger partial charge in [0.1, 0.15) is 5.75 Å². The average molecular weight is 342 g/mol. The van der Waals surface area contributed by atoms with Crippen LogP contribution in [0.5, 0.6) is 5.75 Å². The normalized spacial score (nSPS) is 14.3. The van der Waals surface area contributed by atoms with E-state index in [0.29, 0.717) is 43.3 Å². The van der Waals surface area contributed by atoms with Crippen LogP contribution in [0.25, 0.3) is 0 Å². The minimum absolute atomic E-state index is 0.0185. The number of benzene rings is 1. The van der Waals surface area contributed by atoms with Crippen LogP contribution in [-0.2, 0) is 0 Å². The topological polar surface area (TPSA) is 88.8 Å². The van der Waals surface area contributed by atoms with Gasteiger partial charge in [-0.3, -0.25) is 14.9 Å². The lowest BCUT2D eigenvalue weighted by atomic mass is 10.1. The van der Waals surface area contributed by atoms with Crippen molar-refractivity contribution >= 4 is 17.4 Å². The van der Waals surface area contributed by atoms with E-state index in [1.165, 1.54) is 12.3 Å². The first-order valence-corrected chi connectivity index (χ1v) is 7.88. The molecule has 8 nitrogen and oxygen atoms in total. The summed E-state index contributed by atoms with van der Waals surface area (Å²) in [5.41, 5.74) is 0.548. The second kappa shape index (κ2) is 7.16. The van der Waals surface area contributed by atoms with Gasteiger partial charge in [0.05, 0.1) is 12.0 Å². The number of nitro groups is 1. The molecular weight excluding hydrogens is 324 g/mol. The van der Waals surface area contributed by atoms with Crippen LogP contribution >= 0.6 is 0 Å². The molecule has 1 amide bonds. The van der Waals surface area contributed by atoms with Gasteiger partial charge >= 0.3 is 5.69 Å². The molecule has 25 heavy (non-hydrogen) atoms. The van der Waals surface area contributed by atoms with E-state index in [1.54, 1.807) is 42.3 Å². The summed E-state index contributed by atoms with van der Waals surface area (Å²) in [6.07, 6.45) is 1.54. The van der Waals surface area contributed by atoms with Crippen LogP contribution in [0.1, 0.15) is 10.4 Å². The highest BCUT2D eigenvalue weighted by Gasteiger charge is 2.27. The van der Waals surface area contributed by atoms with Crippen molar-refractivity contribution in [2.45, 2.75) is 0 Å². The molecule has 0 radical (unpaired) electrons. The third kappa shape index (κ3) is 3.52. The van der Waals surface area contributed by atoms with Crippen molar-refractivity contribution in [1.82, 2.24) is 9.88 Å². The predicted octanol–water partition coefficient (Wildman–Crippen LogP) is 1.96. The van der Waals surface area contributed by atoms with Crippen molar-refractivity contribution < 1.29 is 14.5 Å². The Morgan fingerprint density at radius 2 is 1.96 bits per heavy atom. The number of piperazine rings is 1. The van der Waals surface area contributed by atoms with E-state index >= 15 is 0 Å². The van der Waals surface area contributed by atoms with Gasteiger partial charge in [0.25, 0.3) is 5.91 Å². The summed E-state index contributed by atoms with van der Waals surface area (Å²) in [5, 5.41) is 11.1. The van der Waals surface area contributed by atoms with E-state index in [-0.39, 0.29) is 11.6 Å². The zero-order chi connectivity index (χ0) is 17.8. The van der Waals surface area contributed by atoms with Gasteiger partial charge in [-0.05, 0) is 24.3 Å². The summed E-state index contributed by atoms with van der Waals surface area (Å²) in [5.74, 6) is 0.906. The second-order valence-corrected chi connectivity index (χ2v) is 5.61. The molecule has 8 heteroatoms. The van der Waals surface area contributed by atoms with E-state index in [4.69, 9.17) is 4.74 Å². The number of aromatic nitrogens is 1. The fourth-order valence-corrected chi connectivity index (χ4v) is 2.83. The Kier molecular flexibility index (Phi) is 4.78. The lowest BCUT2D eigenvalue weighted by Gasteiger charge is -2.35. The molecule has 0 spiro atoms. The summed E-state index contributed by atoms with van der Waals surface area (Å²) in [6.45, 7) is 1.94. The third-order valence-electron chi connectivity index (χ3n) is 4.15. The van der Waals surface area contributed by atoms with Gasteiger partial charge in [-0.25, -0.2) is 4.98 Å². The zero-order valence-corrected chi connectivity index (χ0v) is 13.8. The maximum atomic E-state index is 12.6. The Bertz CT molecular complexity index is 788. The van der Waals surface area contributed by atoms with Gasteiger partial charge in [0.2, 0.25) is 5.82 Å². The van der Waals surface area contributed by atoms with Crippen LogP contribution in [0.2, 0.25) is 0 Å². The first-order chi connectivity index (χ1) is 12.1. The molecule has 130 valence electrons. The number of carbonyl (C=O) groups is 1. The van der Waals surface area contributed by atoms with E-state index in [9.17, 15) is 14.9 Å². The Hall–Kier alpha value is -3.16. The van der Waals surface area contributed by atoms with Crippen LogP contribution in [0.15, 0.2) is 42.6 Å². The van der Waals surface area contributed by atoms with E-state index < -0.39 is 4.92 Å². The highest BCUT2D eigenvalue weighted by atomic mass is 16.6. The van der Waals surface area contributed by atoms with Gasteiger partial charge in [-0.15, -0.1) is 0 Å². The lowest BCUT2D eigenvalue weighted by molar-refractivity contribution is -0.384. The van der Waals surface area contributed by atoms with Gasteiger partial charge < -0.3 is 14.5 Å². The Morgan fingerprint density at radius 3 is 2.64 bits per heavy atom. The first kappa shape index (κ1) is 16.7. The fourth-order valence-electron chi connectivity index (χ4n) is 2.83. The van der Waals surface area contributed by atoms with Crippen LogP contribution in [0.3, 0.4) is 0 Å². The van der Waals surface area contributed by atoms with Crippen LogP contribution in [0, 0.1) is 10.1 Å². The monoisotopic (exact) mass is 342 g/mol. The molecule has 1 aromatic carbocycles. The van der Waals surface area contributed by atoms with Crippen molar-refractivity contribution in [3.63, 3.8) is 0 Å². The molecular formula is C17H18N4O4. The van der Waals surface area contributed by atoms with E-state index in [1.807, 2.05) is 4.90 Å². The van der Waals surface area contributed by atoms with Gasteiger partial charge in [-0.1, -0.05) is 6.07 Å². The largest absolute Gasteiger partial charge is 0.497 e. The second-order valence-electron chi connectivity index (χ2n) is 5.61. The number of nitrogens with zero attached hydrogens (tertiary/aromatic N) is 4. The molecule has 1 aromatic heterocycles. The number of carbonyl (C=O) groups excluding carboxylic acids is 1. The minimum atomic E-state index is -0.434.